The van der Waals surface area contributed by atoms with Gasteiger partial charge in [-0.25, -0.2) is 9.97 Å². The van der Waals surface area contributed by atoms with E-state index in [0.717, 1.165) is 35.1 Å². The van der Waals surface area contributed by atoms with Gasteiger partial charge in [0.1, 0.15) is 5.82 Å². The van der Waals surface area contributed by atoms with Gasteiger partial charge in [0, 0.05) is 23.4 Å². The van der Waals surface area contributed by atoms with Gasteiger partial charge in [-0.3, -0.25) is 4.79 Å². The molecule has 1 heterocycles. The van der Waals surface area contributed by atoms with Gasteiger partial charge >= 0.3 is 0 Å². The summed E-state index contributed by atoms with van der Waals surface area (Å²) < 4.78 is 0. The zero-order valence-electron chi connectivity index (χ0n) is 13.3. The van der Waals surface area contributed by atoms with Crippen molar-refractivity contribution in [2.24, 2.45) is 17.8 Å². The third kappa shape index (κ3) is 2.85. The van der Waals surface area contributed by atoms with Gasteiger partial charge < -0.3 is 5.32 Å². The summed E-state index contributed by atoms with van der Waals surface area (Å²) in [4.78, 5) is 21.1. The minimum atomic E-state index is 0.188. The van der Waals surface area contributed by atoms with Crippen molar-refractivity contribution in [3.8, 4) is 11.3 Å². The van der Waals surface area contributed by atoms with Crippen molar-refractivity contribution in [2.45, 2.75) is 32.6 Å². The number of aromatic nitrogens is 2. The molecule has 0 radical (unpaired) electrons. The topological polar surface area (TPSA) is 54.9 Å². The van der Waals surface area contributed by atoms with Crippen LogP contribution in [0.4, 0.5) is 5.69 Å². The first kappa shape index (κ1) is 14.4. The molecule has 4 rings (SSSR count). The number of aryl methyl sites for hydroxylation is 1. The molecule has 2 aliphatic rings. The zero-order chi connectivity index (χ0) is 15.8. The molecule has 2 saturated carbocycles. The predicted molar refractivity (Wildman–Crippen MR) is 89.8 cm³/mol. The first-order valence-corrected chi connectivity index (χ1v) is 8.40. The van der Waals surface area contributed by atoms with Crippen LogP contribution in [0.5, 0.6) is 0 Å². The molecule has 1 aromatic carbocycles. The lowest BCUT2D eigenvalue weighted by molar-refractivity contribution is -0.121. The number of anilines is 1. The molecule has 2 aliphatic carbocycles. The Morgan fingerprint density at radius 2 is 2.13 bits per heavy atom. The lowest BCUT2D eigenvalue weighted by atomic mass is 9.88. The molecule has 3 atom stereocenters. The fourth-order valence-corrected chi connectivity index (χ4v) is 4.17. The molecule has 4 heteroatoms. The highest BCUT2D eigenvalue weighted by molar-refractivity contribution is 5.93. The summed E-state index contributed by atoms with van der Waals surface area (Å²) in [5.74, 6) is 2.53. The van der Waals surface area contributed by atoms with Gasteiger partial charge in [0.25, 0.3) is 0 Å². The zero-order valence-corrected chi connectivity index (χ0v) is 13.3. The Kier molecular flexibility index (Phi) is 3.60. The number of amides is 1. The van der Waals surface area contributed by atoms with E-state index >= 15 is 0 Å². The van der Waals surface area contributed by atoms with Crippen LogP contribution in [0.1, 0.15) is 31.5 Å². The van der Waals surface area contributed by atoms with Gasteiger partial charge in [-0.1, -0.05) is 18.6 Å². The molecule has 23 heavy (non-hydrogen) atoms. The average Bonchev–Trinajstić information content (AvgIpc) is 3.18. The maximum atomic E-state index is 12.6. The lowest BCUT2D eigenvalue weighted by Gasteiger charge is -2.20. The first-order valence-electron chi connectivity index (χ1n) is 8.40. The van der Waals surface area contributed by atoms with Crippen LogP contribution >= 0.6 is 0 Å². The predicted octanol–water partition coefficient (Wildman–Crippen LogP) is 3.83. The van der Waals surface area contributed by atoms with Crippen LogP contribution in [0.3, 0.4) is 0 Å². The number of hydrogen-bond donors (Lipinski definition) is 1. The molecule has 1 N–H and O–H groups in total. The second kappa shape index (κ2) is 5.76. The summed E-state index contributed by atoms with van der Waals surface area (Å²) in [6.07, 6.45) is 6.62. The number of nitrogens with one attached hydrogen (secondary N) is 1. The maximum absolute atomic E-state index is 12.6. The number of nitrogens with zero attached hydrogens (tertiary/aromatic N) is 2. The number of benzene rings is 1. The number of hydrogen-bond acceptors (Lipinski definition) is 3. The summed E-state index contributed by atoms with van der Waals surface area (Å²) in [7, 11) is 0. The highest BCUT2D eigenvalue weighted by Crippen LogP contribution is 2.48. The van der Waals surface area contributed by atoms with Crippen LogP contribution in [0, 0.1) is 24.7 Å². The van der Waals surface area contributed by atoms with E-state index in [-0.39, 0.29) is 11.8 Å². The molecule has 2 aromatic rings. The van der Waals surface area contributed by atoms with Crippen LogP contribution in [0.25, 0.3) is 11.3 Å². The molecule has 2 fully saturated rings. The SMILES string of the molecule is Cc1nccc(-c2cccc(NC(=O)[C@@H]3C[C@H]4CC[C@H]3C4)c2)n1. The second-order valence-electron chi connectivity index (χ2n) is 6.84. The number of carbonyl (C=O) groups is 1. The van der Waals surface area contributed by atoms with E-state index in [9.17, 15) is 4.79 Å². The average molecular weight is 307 g/mol. The van der Waals surface area contributed by atoms with Crippen LogP contribution in [-0.2, 0) is 4.79 Å². The van der Waals surface area contributed by atoms with E-state index in [2.05, 4.69) is 15.3 Å². The van der Waals surface area contributed by atoms with E-state index in [1.165, 1.54) is 19.3 Å². The van der Waals surface area contributed by atoms with E-state index in [4.69, 9.17) is 0 Å². The quantitative estimate of drug-likeness (QED) is 0.937. The fraction of sp³-hybridized carbons (Fsp3) is 0.421. The largest absolute Gasteiger partial charge is 0.326 e. The highest BCUT2D eigenvalue weighted by Gasteiger charge is 2.42. The Balaban J connectivity index is 1.51. The minimum Gasteiger partial charge on any atom is -0.326 e. The molecule has 0 unspecified atom stereocenters. The van der Waals surface area contributed by atoms with Crippen molar-refractivity contribution in [3.05, 3.63) is 42.4 Å². The van der Waals surface area contributed by atoms with Crippen molar-refractivity contribution >= 4 is 11.6 Å². The van der Waals surface area contributed by atoms with Crippen molar-refractivity contribution in [2.75, 3.05) is 5.32 Å². The Morgan fingerprint density at radius 1 is 1.22 bits per heavy atom. The lowest BCUT2D eigenvalue weighted by Crippen LogP contribution is -2.27. The monoisotopic (exact) mass is 307 g/mol. The molecular weight excluding hydrogens is 286 g/mol. The third-order valence-corrected chi connectivity index (χ3v) is 5.28. The van der Waals surface area contributed by atoms with Gasteiger partial charge in [0.05, 0.1) is 5.69 Å². The molecular formula is C19H21N3O. The van der Waals surface area contributed by atoms with Gasteiger partial charge in [0.2, 0.25) is 5.91 Å². The molecule has 2 bridgehead atoms. The summed E-state index contributed by atoms with van der Waals surface area (Å²) in [6.45, 7) is 1.88. The normalized spacial score (nSPS) is 25.5. The van der Waals surface area contributed by atoms with Gasteiger partial charge in [-0.05, 0) is 56.2 Å². The van der Waals surface area contributed by atoms with Crippen LogP contribution < -0.4 is 5.32 Å². The summed E-state index contributed by atoms with van der Waals surface area (Å²) >= 11 is 0. The number of carbonyl (C=O) groups excluding carboxylic acids is 1. The standard InChI is InChI=1S/C19H21N3O/c1-12-20-8-7-18(21-12)15-3-2-4-16(11-15)22-19(23)17-10-13-5-6-14(17)9-13/h2-4,7-8,11,13-14,17H,5-6,9-10H2,1H3,(H,22,23)/t13-,14-,17+/m0/s1. The van der Waals surface area contributed by atoms with Crippen LogP contribution in [0.2, 0.25) is 0 Å². The molecule has 0 saturated heterocycles. The van der Waals surface area contributed by atoms with E-state index < -0.39 is 0 Å². The van der Waals surface area contributed by atoms with E-state index in [1.807, 2.05) is 37.3 Å². The minimum absolute atomic E-state index is 0.188. The Morgan fingerprint density at radius 3 is 2.87 bits per heavy atom. The van der Waals surface area contributed by atoms with Crippen molar-refractivity contribution in [3.63, 3.8) is 0 Å². The van der Waals surface area contributed by atoms with Gasteiger partial charge in [-0.15, -0.1) is 0 Å². The molecule has 0 aliphatic heterocycles. The molecule has 1 aromatic heterocycles. The van der Waals surface area contributed by atoms with Crippen LogP contribution in [0.15, 0.2) is 36.5 Å². The molecule has 0 spiro atoms. The smallest absolute Gasteiger partial charge is 0.227 e. The molecule has 118 valence electrons. The summed E-state index contributed by atoms with van der Waals surface area (Å²) in [5.41, 5.74) is 2.74. The third-order valence-electron chi connectivity index (χ3n) is 5.28. The number of rotatable bonds is 3. The fourth-order valence-electron chi connectivity index (χ4n) is 4.17. The second-order valence-corrected chi connectivity index (χ2v) is 6.84. The van der Waals surface area contributed by atoms with E-state index in [0.29, 0.717) is 5.92 Å². The Bertz CT molecular complexity index is 743. The Labute approximate surface area is 136 Å². The van der Waals surface area contributed by atoms with Crippen molar-refractivity contribution in [1.29, 1.82) is 0 Å². The van der Waals surface area contributed by atoms with Gasteiger partial charge in [0.15, 0.2) is 0 Å². The van der Waals surface area contributed by atoms with Crippen molar-refractivity contribution < 1.29 is 4.79 Å². The van der Waals surface area contributed by atoms with Crippen LogP contribution in [-0.4, -0.2) is 15.9 Å². The number of fused-ring (bicyclic) bond motifs is 2. The molecule has 4 nitrogen and oxygen atoms in total. The Hall–Kier alpha value is -2.23. The van der Waals surface area contributed by atoms with Crippen molar-refractivity contribution in [1.82, 2.24) is 9.97 Å². The summed E-state index contributed by atoms with van der Waals surface area (Å²) in [5, 5.41) is 3.11. The first-order chi connectivity index (χ1) is 11.2. The summed E-state index contributed by atoms with van der Waals surface area (Å²) in [6, 6.07) is 9.80. The maximum Gasteiger partial charge on any atom is 0.227 e. The molecule has 1 amide bonds. The van der Waals surface area contributed by atoms with Gasteiger partial charge in [-0.2, -0.15) is 0 Å². The highest BCUT2D eigenvalue weighted by atomic mass is 16.1. The van der Waals surface area contributed by atoms with E-state index in [1.54, 1.807) is 6.20 Å².